The number of aromatic nitrogens is 1. The molecular weight excluding hydrogens is 244 g/mol. The van der Waals surface area contributed by atoms with E-state index < -0.39 is 0 Å². The van der Waals surface area contributed by atoms with Crippen molar-refractivity contribution >= 4 is 0 Å². The van der Waals surface area contributed by atoms with E-state index in [1.807, 2.05) is 0 Å². The molecule has 1 rings (SSSR count). The molecule has 0 saturated heterocycles. The second-order valence-electron chi connectivity index (χ2n) is 6.10. The summed E-state index contributed by atoms with van der Waals surface area (Å²) in [6.07, 6.45) is 6.39. The lowest BCUT2D eigenvalue weighted by atomic mass is 9.97. The van der Waals surface area contributed by atoms with Gasteiger partial charge in [0.15, 0.2) is 0 Å². The lowest BCUT2D eigenvalue weighted by molar-refractivity contribution is 0.394. The van der Waals surface area contributed by atoms with Gasteiger partial charge < -0.3 is 5.32 Å². The fraction of sp³-hybridized carbons (Fsp3) is 0.722. The molecule has 2 atom stereocenters. The Kier molecular flexibility index (Phi) is 7.22. The van der Waals surface area contributed by atoms with Gasteiger partial charge in [-0.2, -0.15) is 0 Å². The molecule has 0 aliphatic rings. The number of unbranched alkanes of at least 4 members (excludes halogenated alkanes) is 1. The van der Waals surface area contributed by atoms with Gasteiger partial charge in [0.25, 0.3) is 0 Å². The first-order chi connectivity index (χ1) is 9.49. The average Bonchev–Trinajstić information content (AvgIpc) is 2.34. The van der Waals surface area contributed by atoms with Gasteiger partial charge in [0.1, 0.15) is 0 Å². The van der Waals surface area contributed by atoms with Crippen molar-refractivity contribution in [3.63, 3.8) is 0 Å². The molecule has 2 unspecified atom stereocenters. The van der Waals surface area contributed by atoms with Crippen molar-refractivity contribution in [2.75, 3.05) is 0 Å². The minimum absolute atomic E-state index is 0.386. The molecule has 1 heterocycles. The Bertz CT molecular complexity index is 389. The maximum absolute atomic E-state index is 4.63. The largest absolute Gasteiger partial charge is 0.307 e. The molecule has 0 spiro atoms. The van der Waals surface area contributed by atoms with Crippen LogP contribution in [0.25, 0.3) is 0 Å². The molecule has 0 aliphatic heterocycles. The van der Waals surface area contributed by atoms with E-state index in [1.54, 1.807) is 0 Å². The number of hydrogen-bond donors (Lipinski definition) is 1. The van der Waals surface area contributed by atoms with Crippen molar-refractivity contribution in [1.82, 2.24) is 10.3 Å². The van der Waals surface area contributed by atoms with Crippen molar-refractivity contribution < 1.29 is 0 Å². The Morgan fingerprint density at radius 1 is 1.10 bits per heavy atom. The molecule has 1 N–H and O–H groups in total. The Morgan fingerprint density at radius 2 is 1.80 bits per heavy atom. The third kappa shape index (κ3) is 4.90. The number of nitrogens with zero attached hydrogens (tertiary/aromatic N) is 1. The molecule has 1 aromatic heterocycles. The Balaban J connectivity index is 2.80. The van der Waals surface area contributed by atoms with Crippen LogP contribution in [0.4, 0.5) is 0 Å². The molecule has 0 radical (unpaired) electrons. The summed E-state index contributed by atoms with van der Waals surface area (Å²) in [7, 11) is 0. The molecule has 2 heteroatoms. The van der Waals surface area contributed by atoms with Crippen LogP contribution in [0, 0.1) is 20.8 Å². The SMILES string of the molecule is CCCCC(CCC)NC(C)c1c(C)cc(C)nc1C. The third-order valence-corrected chi connectivity index (χ3v) is 4.05. The van der Waals surface area contributed by atoms with Gasteiger partial charge in [-0.1, -0.05) is 33.1 Å². The van der Waals surface area contributed by atoms with E-state index in [9.17, 15) is 0 Å². The van der Waals surface area contributed by atoms with E-state index in [0.29, 0.717) is 12.1 Å². The molecule has 0 aliphatic carbocycles. The predicted molar refractivity (Wildman–Crippen MR) is 88.2 cm³/mol. The van der Waals surface area contributed by atoms with Crippen LogP contribution in [0.2, 0.25) is 0 Å². The molecule has 20 heavy (non-hydrogen) atoms. The molecule has 0 saturated carbocycles. The van der Waals surface area contributed by atoms with E-state index in [0.717, 1.165) is 5.69 Å². The van der Waals surface area contributed by atoms with E-state index in [4.69, 9.17) is 0 Å². The van der Waals surface area contributed by atoms with Crippen LogP contribution < -0.4 is 5.32 Å². The topological polar surface area (TPSA) is 24.9 Å². The summed E-state index contributed by atoms with van der Waals surface area (Å²) >= 11 is 0. The van der Waals surface area contributed by atoms with Gasteiger partial charge >= 0.3 is 0 Å². The Labute approximate surface area is 125 Å². The third-order valence-electron chi connectivity index (χ3n) is 4.05. The first-order valence-electron chi connectivity index (χ1n) is 8.20. The predicted octanol–water partition coefficient (Wildman–Crippen LogP) is 5.02. The summed E-state index contributed by atoms with van der Waals surface area (Å²) in [6, 6.07) is 3.22. The van der Waals surface area contributed by atoms with Gasteiger partial charge in [-0.15, -0.1) is 0 Å². The summed E-state index contributed by atoms with van der Waals surface area (Å²) in [4.78, 5) is 4.63. The highest BCUT2D eigenvalue weighted by atomic mass is 14.9. The van der Waals surface area contributed by atoms with Gasteiger partial charge in [-0.05, 0) is 57.7 Å². The summed E-state index contributed by atoms with van der Waals surface area (Å²) in [5.41, 5.74) is 5.04. The number of hydrogen-bond acceptors (Lipinski definition) is 2. The minimum atomic E-state index is 0.386. The normalized spacial score (nSPS) is 14.3. The minimum Gasteiger partial charge on any atom is -0.307 e. The summed E-state index contributed by atoms with van der Waals surface area (Å²) in [5.74, 6) is 0. The van der Waals surface area contributed by atoms with Gasteiger partial charge in [-0.25, -0.2) is 0 Å². The molecule has 0 aromatic carbocycles. The van der Waals surface area contributed by atoms with Crippen LogP contribution >= 0.6 is 0 Å². The monoisotopic (exact) mass is 276 g/mol. The Hall–Kier alpha value is -0.890. The molecule has 0 bridgehead atoms. The van der Waals surface area contributed by atoms with Crippen LogP contribution in [0.3, 0.4) is 0 Å². The first kappa shape index (κ1) is 17.2. The van der Waals surface area contributed by atoms with Crippen LogP contribution in [0.5, 0.6) is 0 Å². The van der Waals surface area contributed by atoms with Crippen molar-refractivity contribution in [3.05, 3.63) is 28.6 Å². The number of pyridine rings is 1. The first-order valence-corrected chi connectivity index (χ1v) is 8.20. The highest BCUT2D eigenvalue weighted by Crippen LogP contribution is 2.23. The maximum atomic E-state index is 4.63. The molecule has 0 amide bonds. The van der Waals surface area contributed by atoms with Crippen molar-refractivity contribution in [2.45, 2.75) is 85.7 Å². The number of rotatable bonds is 8. The van der Waals surface area contributed by atoms with Crippen molar-refractivity contribution in [2.24, 2.45) is 0 Å². The number of aryl methyl sites for hydroxylation is 3. The van der Waals surface area contributed by atoms with E-state index >= 15 is 0 Å². The summed E-state index contributed by atoms with van der Waals surface area (Å²) in [6.45, 7) is 13.2. The molecular formula is C18H32N2. The standard InChI is InChI=1S/C18H32N2/c1-7-9-11-17(10-8-2)20-16(6)18-13(3)12-14(4)19-15(18)5/h12,16-17,20H,7-11H2,1-6H3. The lowest BCUT2D eigenvalue weighted by Crippen LogP contribution is -2.32. The van der Waals surface area contributed by atoms with Crippen molar-refractivity contribution in [1.29, 1.82) is 0 Å². The zero-order valence-corrected chi connectivity index (χ0v) is 14.2. The highest BCUT2D eigenvalue weighted by molar-refractivity contribution is 5.33. The number of nitrogens with one attached hydrogen (secondary N) is 1. The van der Waals surface area contributed by atoms with Crippen LogP contribution in [0.1, 0.15) is 81.4 Å². The fourth-order valence-corrected chi connectivity index (χ4v) is 3.24. The molecule has 1 aromatic rings. The quantitative estimate of drug-likeness (QED) is 0.721. The zero-order valence-electron chi connectivity index (χ0n) is 14.2. The van der Waals surface area contributed by atoms with Gasteiger partial charge in [0.2, 0.25) is 0 Å². The molecule has 114 valence electrons. The highest BCUT2D eigenvalue weighted by Gasteiger charge is 2.16. The van der Waals surface area contributed by atoms with Crippen LogP contribution in [0.15, 0.2) is 6.07 Å². The summed E-state index contributed by atoms with van der Waals surface area (Å²) < 4.78 is 0. The maximum Gasteiger partial charge on any atom is 0.0426 e. The van der Waals surface area contributed by atoms with Crippen LogP contribution in [-0.4, -0.2) is 11.0 Å². The van der Waals surface area contributed by atoms with E-state index in [2.05, 4.69) is 57.9 Å². The van der Waals surface area contributed by atoms with E-state index in [1.165, 1.54) is 48.9 Å². The second kappa shape index (κ2) is 8.41. The molecule has 2 nitrogen and oxygen atoms in total. The van der Waals surface area contributed by atoms with Gasteiger partial charge in [0, 0.05) is 23.5 Å². The fourth-order valence-electron chi connectivity index (χ4n) is 3.24. The van der Waals surface area contributed by atoms with E-state index in [-0.39, 0.29) is 0 Å². The second-order valence-corrected chi connectivity index (χ2v) is 6.10. The summed E-state index contributed by atoms with van der Waals surface area (Å²) in [5, 5.41) is 3.83. The van der Waals surface area contributed by atoms with Crippen molar-refractivity contribution in [3.8, 4) is 0 Å². The Morgan fingerprint density at radius 3 is 2.35 bits per heavy atom. The zero-order chi connectivity index (χ0) is 15.1. The molecule has 0 fully saturated rings. The lowest BCUT2D eigenvalue weighted by Gasteiger charge is -2.25. The van der Waals surface area contributed by atoms with Gasteiger partial charge in [0.05, 0.1) is 0 Å². The smallest absolute Gasteiger partial charge is 0.0426 e. The average molecular weight is 276 g/mol. The van der Waals surface area contributed by atoms with Gasteiger partial charge in [-0.3, -0.25) is 4.98 Å². The van der Waals surface area contributed by atoms with Crippen LogP contribution in [-0.2, 0) is 0 Å².